The molecule has 0 amide bonds. The first-order valence-electron chi connectivity index (χ1n) is 31.1. The molecule has 0 saturated carbocycles. The summed E-state index contributed by atoms with van der Waals surface area (Å²) in [6.45, 7) is 37.8. The average Bonchev–Trinajstić information content (AvgIpc) is 3.47. The Morgan fingerprint density at radius 3 is 0.412 bits per heavy atom. The molecule has 0 aliphatic carbocycles. The molecule has 0 aromatic heterocycles. The van der Waals surface area contributed by atoms with Crippen molar-refractivity contribution in [2.75, 3.05) is 33.0 Å². The Hall–Kier alpha value is -5.25. The van der Waals surface area contributed by atoms with E-state index in [1.807, 2.05) is 30.4 Å². The van der Waals surface area contributed by atoms with Crippen LogP contribution < -0.4 is 0 Å². The van der Waals surface area contributed by atoms with Gasteiger partial charge in [-0.25, -0.2) is 24.0 Å². The number of hydrogen-bond acceptors (Lipinski definition) is 10. The van der Waals surface area contributed by atoms with Crippen molar-refractivity contribution in [3.8, 4) is 0 Å². The first kappa shape index (κ1) is 83.6. The van der Waals surface area contributed by atoms with E-state index < -0.39 is 0 Å². The zero-order valence-corrected chi connectivity index (χ0v) is 51.2. The van der Waals surface area contributed by atoms with Crippen molar-refractivity contribution in [2.45, 2.75) is 257 Å². The minimum atomic E-state index is -0.323. The molecule has 0 aromatic carbocycles. The monoisotopic (exact) mass is 1120 g/mol. The molecule has 0 radical (unpaired) electrons. The molecule has 0 atom stereocenters. The maximum absolute atomic E-state index is 10.7. The molecular formula is C70H120O10. The van der Waals surface area contributed by atoms with Crippen molar-refractivity contribution in [2.24, 2.45) is 0 Å². The predicted octanol–water partition coefficient (Wildman–Crippen LogP) is 20.1. The third-order valence-corrected chi connectivity index (χ3v) is 12.3. The Bertz CT molecular complexity index is 1500. The van der Waals surface area contributed by atoms with E-state index in [0.717, 1.165) is 96.3 Å². The highest BCUT2D eigenvalue weighted by molar-refractivity contribution is 5.82. The molecule has 0 N–H and O–H groups in total. The lowest BCUT2D eigenvalue weighted by molar-refractivity contribution is -0.138. The number of unbranched alkanes of at least 4 members (excludes halogenated alkanes) is 35. The third-order valence-electron chi connectivity index (χ3n) is 12.3. The van der Waals surface area contributed by atoms with Gasteiger partial charge in [0.25, 0.3) is 0 Å². The topological polar surface area (TPSA) is 132 Å². The molecule has 0 spiro atoms. The van der Waals surface area contributed by atoms with E-state index in [2.05, 4.69) is 65.8 Å². The summed E-state index contributed by atoms with van der Waals surface area (Å²) in [6.07, 6.45) is 64.2. The van der Waals surface area contributed by atoms with Crippen LogP contribution in [0.15, 0.2) is 127 Å². The standard InChI is InChI=1S/C16H28O2.C15H26O2.C14H24O2.C13H22O2.C12H20O2/c1-3-5-6-7-8-9-10-11-12-13-14-15-18-16(17)4-2;1-3-5-6-7-8-9-10-11-12-13-14-17-15(16)4-2;1-3-5-6-7-8-9-10-11-12-13-16-14(15)4-2;1-3-5-6-7-8-9-10-11-12-15-13(14)4-2;1-3-5-6-7-8-9-10-11-14-12(13)4-2/h3-4H,1-2,5-15H2;3-4H,1-2,5-14H2;3-4H,1-2,5-13H2;3-4H,1-2,5-12H2;3-4H,1-2,5-11H2. The molecule has 10 nitrogen and oxygen atoms in total. The van der Waals surface area contributed by atoms with Gasteiger partial charge in [0, 0.05) is 30.4 Å². The van der Waals surface area contributed by atoms with Crippen LogP contribution in [0.3, 0.4) is 0 Å². The van der Waals surface area contributed by atoms with Gasteiger partial charge in [-0.15, -0.1) is 32.9 Å². The van der Waals surface area contributed by atoms with Crippen molar-refractivity contribution in [3.63, 3.8) is 0 Å². The van der Waals surface area contributed by atoms with Crippen LogP contribution in [0.1, 0.15) is 257 Å². The molecular weight excluding hydrogens is 1000 g/mol. The molecule has 0 aromatic rings. The van der Waals surface area contributed by atoms with Gasteiger partial charge < -0.3 is 23.7 Å². The molecule has 0 aliphatic rings. The van der Waals surface area contributed by atoms with Gasteiger partial charge in [0.1, 0.15) is 0 Å². The largest absolute Gasteiger partial charge is 0.463 e. The number of carbonyl (C=O) groups excluding carboxylic acids is 5. The predicted molar refractivity (Wildman–Crippen MR) is 341 cm³/mol. The quantitative estimate of drug-likeness (QED) is 0.0191. The summed E-state index contributed by atoms with van der Waals surface area (Å²) in [5.74, 6) is -1.58. The van der Waals surface area contributed by atoms with Crippen LogP contribution in [0.2, 0.25) is 0 Å². The maximum Gasteiger partial charge on any atom is 0.330 e. The van der Waals surface area contributed by atoms with Crippen molar-refractivity contribution < 1.29 is 47.7 Å². The first-order valence-corrected chi connectivity index (χ1v) is 31.1. The van der Waals surface area contributed by atoms with E-state index in [9.17, 15) is 24.0 Å². The summed E-state index contributed by atoms with van der Waals surface area (Å²) in [5, 5.41) is 0. The van der Waals surface area contributed by atoms with E-state index in [1.54, 1.807) is 0 Å². The van der Waals surface area contributed by atoms with Crippen LogP contribution >= 0.6 is 0 Å². The Morgan fingerprint density at radius 2 is 0.300 bits per heavy atom. The number of hydrogen-bond donors (Lipinski definition) is 0. The van der Waals surface area contributed by atoms with E-state index in [4.69, 9.17) is 23.7 Å². The Balaban J connectivity index is -0.000000294. The van der Waals surface area contributed by atoms with E-state index in [-0.39, 0.29) is 29.8 Å². The number of esters is 5. The van der Waals surface area contributed by atoms with Gasteiger partial charge in [-0.3, -0.25) is 0 Å². The summed E-state index contributed by atoms with van der Waals surface area (Å²) in [4.78, 5) is 53.5. The summed E-state index contributed by atoms with van der Waals surface area (Å²) in [6, 6.07) is 0. The second-order valence-corrected chi connectivity index (χ2v) is 19.6. The lowest BCUT2D eigenvalue weighted by Crippen LogP contribution is -2.01. The van der Waals surface area contributed by atoms with Crippen molar-refractivity contribution in [1.29, 1.82) is 0 Å². The number of carbonyl (C=O) groups is 5. The number of rotatable bonds is 55. The zero-order valence-electron chi connectivity index (χ0n) is 51.2. The Morgan fingerprint density at radius 1 is 0.188 bits per heavy atom. The molecule has 0 heterocycles. The van der Waals surface area contributed by atoms with Crippen LogP contribution in [0.4, 0.5) is 0 Å². The van der Waals surface area contributed by atoms with Crippen LogP contribution in [0, 0.1) is 0 Å². The van der Waals surface area contributed by atoms with E-state index >= 15 is 0 Å². The highest BCUT2D eigenvalue weighted by Crippen LogP contribution is 2.13. The molecule has 10 heteroatoms. The van der Waals surface area contributed by atoms with Gasteiger partial charge in [0.15, 0.2) is 0 Å². The molecule has 0 saturated heterocycles. The number of allylic oxidation sites excluding steroid dienone is 5. The minimum Gasteiger partial charge on any atom is -0.463 e. The van der Waals surface area contributed by atoms with Gasteiger partial charge >= 0.3 is 29.8 Å². The smallest absolute Gasteiger partial charge is 0.330 e. The Kier molecular flexibility index (Phi) is 83.8. The van der Waals surface area contributed by atoms with Crippen molar-refractivity contribution in [3.05, 3.63) is 127 Å². The highest BCUT2D eigenvalue weighted by Gasteiger charge is 2.00. The Labute approximate surface area is 491 Å². The zero-order chi connectivity index (χ0) is 60.3. The minimum absolute atomic E-state index is 0.311. The van der Waals surface area contributed by atoms with Crippen LogP contribution in [0.25, 0.3) is 0 Å². The number of ether oxygens (including phenoxy) is 5. The normalized spacial score (nSPS) is 9.75. The third kappa shape index (κ3) is 89.3. The van der Waals surface area contributed by atoms with Crippen LogP contribution in [-0.4, -0.2) is 62.9 Å². The second kappa shape index (κ2) is 80.2. The first-order chi connectivity index (χ1) is 39.0. The SMILES string of the molecule is C=CCCCCCCCCCCCOC(=O)C=C.C=CCCCCCCCCCCOC(=O)C=C.C=CCCCCCCCCCOC(=O)C=C.C=CCCCCCCCCOC(=O)C=C.C=CCCCCCCCOC(=O)C=C. The highest BCUT2D eigenvalue weighted by atomic mass is 16.5. The fourth-order valence-electron chi connectivity index (χ4n) is 7.53. The van der Waals surface area contributed by atoms with Gasteiger partial charge in [0.2, 0.25) is 0 Å². The summed E-state index contributed by atoms with van der Waals surface area (Å²) in [7, 11) is 0. The fourth-order valence-corrected chi connectivity index (χ4v) is 7.53. The van der Waals surface area contributed by atoms with Crippen molar-refractivity contribution in [1.82, 2.24) is 0 Å². The maximum atomic E-state index is 10.7. The lowest BCUT2D eigenvalue weighted by atomic mass is 10.1. The summed E-state index contributed by atoms with van der Waals surface area (Å²) < 4.78 is 24.4. The summed E-state index contributed by atoms with van der Waals surface area (Å²) >= 11 is 0. The van der Waals surface area contributed by atoms with E-state index in [0.29, 0.717) is 33.0 Å². The van der Waals surface area contributed by atoms with E-state index in [1.165, 1.54) is 191 Å². The lowest BCUT2D eigenvalue weighted by Gasteiger charge is -2.03. The molecule has 0 rings (SSSR count). The van der Waals surface area contributed by atoms with Gasteiger partial charge in [-0.2, -0.15) is 0 Å². The van der Waals surface area contributed by atoms with Crippen LogP contribution in [0.5, 0.6) is 0 Å². The van der Waals surface area contributed by atoms with Crippen molar-refractivity contribution >= 4 is 29.8 Å². The molecule has 0 bridgehead atoms. The van der Waals surface area contributed by atoms with Gasteiger partial charge in [-0.1, -0.05) is 224 Å². The van der Waals surface area contributed by atoms with Gasteiger partial charge in [0.05, 0.1) is 33.0 Å². The molecule has 0 unspecified atom stereocenters. The van der Waals surface area contributed by atoms with Crippen LogP contribution in [-0.2, 0) is 47.7 Å². The average molecular weight is 1120 g/mol. The fraction of sp³-hybridized carbons (Fsp3) is 0.643. The summed E-state index contributed by atoms with van der Waals surface area (Å²) in [5.41, 5.74) is 0. The second-order valence-electron chi connectivity index (χ2n) is 19.6. The molecule has 0 aliphatic heterocycles. The molecule has 0 fully saturated rings. The van der Waals surface area contributed by atoms with Gasteiger partial charge in [-0.05, 0) is 96.3 Å². The molecule has 80 heavy (non-hydrogen) atoms. The molecule has 460 valence electrons.